The maximum Gasteiger partial charge on any atom is 0.231 e. The first-order valence-corrected chi connectivity index (χ1v) is 9.45. The molecule has 0 aliphatic carbocycles. The summed E-state index contributed by atoms with van der Waals surface area (Å²) in [5.74, 6) is 2.15. The molecule has 29 heavy (non-hydrogen) atoms. The molecule has 0 unspecified atom stereocenters. The number of hydrogen-bond donors (Lipinski definition) is 0. The van der Waals surface area contributed by atoms with Gasteiger partial charge >= 0.3 is 0 Å². The van der Waals surface area contributed by atoms with E-state index in [1.165, 1.54) is 0 Å². The zero-order chi connectivity index (χ0) is 19.4. The molecule has 140 valence electrons. The second-order valence-electron chi connectivity index (χ2n) is 6.67. The zero-order valence-electron chi connectivity index (χ0n) is 15.0. The van der Waals surface area contributed by atoms with Crippen LogP contribution >= 0.6 is 11.6 Å². The number of nitrogens with zero attached hydrogens (tertiary/aromatic N) is 4. The highest BCUT2D eigenvalue weighted by atomic mass is 35.5. The van der Waals surface area contributed by atoms with Gasteiger partial charge in [0.15, 0.2) is 22.8 Å². The number of aromatic nitrogens is 4. The molecule has 3 heterocycles. The average molecular weight is 401 g/mol. The van der Waals surface area contributed by atoms with Crippen molar-refractivity contribution in [3.05, 3.63) is 71.8 Å². The van der Waals surface area contributed by atoms with Gasteiger partial charge in [0.1, 0.15) is 5.82 Å². The SMILES string of the molecule is Clc1ccc(-c2nc3nc4ccccc4nc3n2-c2ccc3c(c2)OCO3)cc1. The molecular weight excluding hydrogens is 388 g/mol. The molecule has 0 radical (unpaired) electrons. The topological polar surface area (TPSA) is 62.1 Å². The molecule has 0 N–H and O–H groups in total. The summed E-state index contributed by atoms with van der Waals surface area (Å²) in [6.45, 7) is 0.220. The van der Waals surface area contributed by atoms with Gasteiger partial charge in [0, 0.05) is 16.7 Å². The third-order valence-corrected chi connectivity index (χ3v) is 5.14. The monoisotopic (exact) mass is 400 g/mol. The third-order valence-electron chi connectivity index (χ3n) is 4.89. The molecule has 0 bridgehead atoms. The van der Waals surface area contributed by atoms with E-state index < -0.39 is 0 Å². The Morgan fingerprint density at radius 3 is 2.38 bits per heavy atom. The molecule has 1 aliphatic heterocycles. The number of hydrogen-bond acceptors (Lipinski definition) is 5. The van der Waals surface area contributed by atoms with Crippen LogP contribution in [0.3, 0.4) is 0 Å². The fourth-order valence-electron chi connectivity index (χ4n) is 3.52. The Kier molecular flexibility index (Phi) is 3.48. The van der Waals surface area contributed by atoms with Crippen LogP contribution in [0.1, 0.15) is 0 Å². The Morgan fingerprint density at radius 1 is 0.793 bits per heavy atom. The van der Waals surface area contributed by atoms with Crippen LogP contribution in [0.25, 0.3) is 39.4 Å². The summed E-state index contributed by atoms with van der Waals surface area (Å²) in [5, 5.41) is 0.668. The Bertz CT molecular complexity index is 1400. The molecule has 0 spiro atoms. The standard InChI is InChI=1S/C22H13ClN4O2/c23-14-7-5-13(6-8-14)21-26-20-22(25-17-4-2-1-3-16(17)24-20)27(21)15-9-10-18-19(11-15)29-12-28-18/h1-11H,12H2. The summed E-state index contributed by atoms with van der Waals surface area (Å²) in [6.07, 6.45) is 0. The van der Waals surface area contributed by atoms with Crippen molar-refractivity contribution < 1.29 is 9.47 Å². The van der Waals surface area contributed by atoms with Gasteiger partial charge in [0.05, 0.1) is 16.7 Å². The van der Waals surface area contributed by atoms with Gasteiger partial charge in [-0.3, -0.25) is 4.57 Å². The highest BCUT2D eigenvalue weighted by Gasteiger charge is 2.20. The first-order valence-electron chi connectivity index (χ1n) is 9.07. The number of ether oxygens (including phenoxy) is 2. The smallest absolute Gasteiger partial charge is 0.231 e. The van der Waals surface area contributed by atoms with Crippen LogP contribution < -0.4 is 9.47 Å². The predicted octanol–water partition coefficient (Wildman–Crippen LogP) is 5.02. The normalized spacial score (nSPS) is 12.7. The Labute approximate surface area is 170 Å². The van der Waals surface area contributed by atoms with Crippen LogP contribution in [0.4, 0.5) is 0 Å². The number of para-hydroxylation sites is 2. The fraction of sp³-hybridized carbons (Fsp3) is 0.0455. The Hall–Kier alpha value is -3.64. The van der Waals surface area contributed by atoms with Crippen molar-refractivity contribution in [3.63, 3.8) is 0 Å². The first kappa shape index (κ1) is 16.3. The molecule has 0 atom stereocenters. The summed E-state index contributed by atoms with van der Waals surface area (Å²) >= 11 is 6.09. The van der Waals surface area contributed by atoms with Crippen LogP contribution in [0.15, 0.2) is 66.7 Å². The molecule has 5 aromatic rings. The minimum Gasteiger partial charge on any atom is -0.454 e. The number of benzene rings is 3. The molecule has 0 saturated carbocycles. The van der Waals surface area contributed by atoms with Gasteiger partial charge in [-0.05, 0) is 48.5 Å². The molecule has 3 aromatic carbocycles. The van der Waals surface area contributed by atoms with E-state index in [-0.39, 0.29) is 6.79 Å². The van der Waals surface area contributed by atoms with E-state index in [1.54, 1.807) is 0 Å². The number of fused-ring (bicyclic) bond motifs is 3. The van der Waals surface area contributed by atoms with E-state index in [9.17, 15) is 0 Å². The third kappa shape index (κ3) is 2.61. The van der Waals surface area contributed by atoms with Gasteiger partial charge in [-0.15, -0.1) is 0 Å². The molecule has 0 fully saturated rings. The molecule has 0 saturated heterocycles. The zero-order valence-corrected chi connectivity index (χ0v) is 15.8. The van der Waals surface area contributed by atoms with Crippen LogP contribution in [0.5, 0.6) is 11.5 Å². The van der Waals surface area contributed by atoms with E-state index in [4.69, 9.17) is 36.0 Å². The van der Waals surface area contributed by atoms with Crippen molar-refractivity contribution in [3.8, 4) is 28.6 Å². The summed E-state index contributed by atoms with van der Waals surface area (Å²) in [7, 11) is 0. The lowest BCUT2D eigenvalue weighted by Crippen LogP contribution is -1.99. The highest BCUT2D eigenvalue weighted by molar-refractivity contribution is 6.30. The quantitative estimate of drug-likeness (QED) is 0.416. The summed E-state index contributed by atoms with van der Waals surface area (Å²) < 4.78 is 13.0. The van der Waals surface area contributed by atoms with E-state index in [2.05, 4.69) is 0 Å². The lowest BCUT2D eigenvalue weighted by Gasteiger charge is -2.10. The van der Waals surface area contributed by atoms with E-state index in [0.29, 0.717) is 22.1 Å². The maximum absolute atomic E-state index is 6.09. The summed E-state index contributed by atoms with van der Waals surface area (Å²) in [6, 6.07) is 21.1. The van der Waals surface area contributed by atoms with Crippen LogP contribution in [0.2, 0.25) is 5.02 Å². The molecule has 6 rings (SSSR count). The number of halogens is 1. The fourth-order valence-corrected chi connectivity index (χ4v) is 3.64. The lowest BCUT2D eigenvalue weighted by atomic mass is 10.2. The van der Waals surface area contributed by atoms with Gasteiger partial charge in [-0.1, -0.05) is 23.7 Å². The molecular formula is C22H13ClN4O2. The lowest BCUT2D eigenvalue weighted by molar-refractivity contribution is 0.174. The van der Waals surface area contributed by atoms with Gasteiger partial charge < -0.3 is 9.47 Å². The van der Waals surface area contributed by atoms with Gasteiger partial charge in [-0.25, -0.2) is 15.0 Å². The van der Waals surface area contributed by atoms with Crippen molar-refractivity contribution in [2.45, 2.75) is 0 Å². The van der Waals surface area contributed by atoms with Crippen LogP contribution in [0, 0.1) is 0 Å². The van der Waals surface area contributed by atoms with E-state index >= 15 is 0 Å². The molecule has 6 nitrogen and oxygen atoms in total. The largest absolute Gasteiger partial charge is 0.454 e. The summed E-state index contributed by atoms with van der Waals surface area (Å²) in [5.41, 5.74) is 4.64. The molecule has 1 aliphatic rings. The van der Waals surface area contributed by atoms with Crippen molar-refractivity contribution >= 4 is 33.9 Å². The molecule has 2 aromatic heterocycles. The molecule has 7 heteroatoms. The minimum absolute atomic E-state index is 0.220. The van der Waals surface area contributed by atoms with Crippen molar-refractivity contribution in [1.29, 1.82) is 0 Å². The molecule has 0 amide bonds. The van der Waals surface area contributed by atoms with E-state index in [0.717, 1.165) is 33.9 Å². The van der Waals surface area contributed by atoms with Crippen molar-refractivity contribution in [2.75, 3.05) is 6.79 Å². The first-order chi connectivity index (χ1) is 14.3. The second-order valence-corrected chi connectivity index (χ2v) is 7.11. The van der Waals surface area contributed by atoms with Crippen LogP contribution in [-0.4, -0.2) is 26.3 Å². The number of rotatable bonds is 2. The number of imidazole rings is 1. The second kappa shape index (κ2) is 6.18. The average Bonchev–Trinajstić information content (AvgIpc) is 3.36. The summed E-state index contributed by atoms with van der Waals surface area (Å²) in [4.78, 5) is 14.4. The van der Waals surface area contributed by atoms with Gasteiger partial charge in [0.2, 0.25) is 6.79 Å². The van der Waals surface area contributed by atoms with Crippen molar-refractivity contribution in [2.24, 2.45) is 0 Å². The van der Waals surface area contributed by atoms with Gasteiger partial charge in [0.25, 0.3) is 0 Å². The minimum atomic E-state index is 0.220. The van der Waals surface area contributed by atoms with E-state index in [1.807, 2.05) is 71.3 Å². The van der Waals surface area contributed by atoms with Gasteiger partial charge in [-0.2, -0.15) is 0 Å². The Balaban J connectivity index is 1.68. The highest BCUT2D eigenvalue weighted by Crippen LogP contribution is 2.36. The Morgan fingerprint density at radius 2 is 1.55 bits per heavy atom. The predicted molar refractivity (Wildman–Crippen MR) is 111 cm³/mol. The van der Waals surface area contributed by atoms with Crippen molar-refractivity contribution in [1.82, 2.24) is 19.5 Å². The maximum atomic E-state index is 6.09. The van der Waals surface area contributed by atoms with Crippen LogP contribution in [-0.2, 0) is 0 Å².